The molecule has 0 bridgehead atoms. The normalized spacial score (nSPS) is 23.9. The van der Waals surface area contributed by atoms with Gasteiger partial charge in [-0.1, -0.05) is 11.6 Å². The number of carbonyl (C=O) groups excluding carboxylic acids is 1. The summed E-state index contributed by atoms with van der Waals surface area (Å²) in [7, 11) is 0. The molecule has 2 fully saturated rings. The quantitative estimate of drug-likeness (QED) is 0.811. The second kappa shape index (κ2) is 8.29. The van der Waals surface area contributed by atoms with E-state index < -0.39 is 0 Å². The van der Waals surface area contributed by atoms with Gasteiger partial charge in [0, 0.05) is 36.7 Å². The second-order valence-corrected chi connectivity index (χ2v) is 8.64. The molecule has 2 N–H and O–H groups in total. The molecule has 6 nitrogen and oxygen atoms in total. The van der Waals surface area contributed by atoms with Gasteiger partial charge in [0.15, 0.2) is 5.58 Å². The third-order valence-electron chi connectivity index (χ3n) is 6.25. The van der Waals surface area contributed by atoms with Gasteiger partial charge in [-0.3, -0.25) is 4.79 Å². The molecule has 0 spiro atoms. The summed E-state index contributed by atoms with van der Waals surface area (Å²) in [6, 6.07) is 4.63. The first-order chi connectivity index (χ1) is 13.5. The van der Waals surface area contributed by atoms with Crippen molar-refractivity contribution in [3.8, 4) is 0 Å². The molecule has 1 saturated heterocycles. The maximum atomic E-state index is 12.6. The largest absolute Gasteiger partial charge is 0.423 e. The van der Waals surface area contributed by atoms with Crippen molar-refractivity contribution in [3.63, 3.8) is 0 Å². The molecule has 0 unspecified atom stereocenters. The van der Waals surface area contributed by atoms with E-state index in [1.54, 1.807) is 0 Å². The number of piperidine rings is 1. The topological polar surface area (TPSA) is 78.6 Å². The molecule has 7 heteroatoms. The van der Waals surface area contributed by atoms with Gasteiger partial charge in [-0.15, -0.1) is 0 Å². The number of aliphatic hydroxyl groups is 1. The number of hydrogen-bond acceptors (Lipinski definition) is 5. The Labute approximate surface area is 170 Å². The highest BCUT2D eigenvalue weighted by molar-refractivity contribution is 6.32. The van der Waals surface area contributed by atoms with Crippen molar-refractivity contribution in [2.45, 2.75) is 51.5 Å². The highest BCUT2D eigenvalue weighted by Gasteiger charge is 2.29. The van der Waals surface area contributed by atoms with Gasteiger partial charge >= 0.3 is 0 Å². The average Bonchev–Trinajstić information content (AvgIpc) is 3.11. The van der Waals surface area contributed by atoms with Gasteiger partial charge in [0.05, 0.1) is 0 Å². The summed E-state index contributed by atoms with van der Waals surface area (Å²) in [5, 5.41) is 13.2. The van der Waals surface area contributed by atoms with Gasteiger partial charge in [0.25, 0.3) is 6.01 Å². The Morgan fingerprint density at radius 2 is 1.96 bits per heavy atom. The molecule has 1 aromatic heterocycles. The molecular formula is C21H28ClN3O3. The van der Waals surface area contributed by atoms with Crippen molar-refractivity contribution in [1.82, 2.24) is 10.3 Å². The number of halogens is 1. The number of aromatic nitrogens is 1. The number of benzene rings is 1. The van der Waals surface area contributed by atoms with Crippen LogP contribution >= 0.6 is 11.6 Å². The third-order valence-corrected chi connectivity index (χ3v) is 6.65. The first kappa shape index (κ1) is 19.5. The molecule has 2 heterocycles. The van der Waals surface area contributed by atoms with Crippen molar-refractivity contribution < 1.29 is 14.3 Å². The van der Waals surface area contributed by atoms with Crippen molar-refractivity contribution in [3.05, 3.63) is 22.7 Å². The van der Waals surface area contributed by atoms with Crippen LogP contribution in [0, 0.1) is 18.8 Å². The standard InChI is InChI=1S/C21H28ClN3O3/c1-13-10-19-18(11-17(13)22)24-21(28-19)25-8-6-15(7-9-25)20(27)23-16-4-2-14(12-26)3-5-16/h10-11,14-16,26H,2-9,12H2,1H3,(H,23,27). The first-order valence-electron chi connectivity index (χ1n) is 10.3. The van der Waals surface area contributed by atoms with Crippen LogP contribution in [0.25, 0.3) is 11.1 Å². The van der Waals surface area contributed by atoms with E-state index in [2.05, 4.69) is 15.2 Å². The van der Waals surface area contributed by atoms with Crippen molar-refractivity contribution >= 4 is 34.6 Å². The number of carbonyl (C=O) groups is 1. The number of anilines is 1. The average molecular weight is 406 g/mol. The number of oxazole rings is 1. The van der Waals surface area contributed by atoms with E-state index in [-0.39, 0.29) is 24.5 Å². The van der Waals surface area contributed by atoms with Gasteiger partial charge in [-0.2, -0.15) is 4.98 Å². The van der Waals surface area contributed by atoms with Crippen molar-refractivity contribution in [1.29, 1.82) is 0 Å². The predicted octanol–water partition coefficient (Wildman–Crippen LogP) is 3.67. The molecule has 1 aromatic carbocycles. The lowest BCUT2D eigenvalue weighted by atomic mass is 9.86. The van der Waals surface area contributed by atoms with Gasteiger partial charge in [-0.25, -0.2) is 0 Å². The van der Waals surface area contributed by atoms with Gasteiger partial charge in [0.2, 0.25) is 5.91 Å². The maximum Gasteiger partial charge on any atom is 0.298 e. The zero-order valence-corrected chi connectivity index (χ0v) is 17.0. The summed E-state index contributed by atoms with van der Waals surface area (Å²) in [5.41, 5.74) is 2.49. The van der Waals surface area contributed by atoms with E-state index in [9.17, 15) is 9.90 Å². The Kier molecular flexibility index (Phi) is 5.78. The minimum atomic E-state index is 0.0490. The van der Waals surface area contributed by atoms with Crippen LogP contribution < -0.4 is 10.2 Å². The van der Waals surface area contributed by atoms with Crippen LogP contribution in [-0.4, -0.2) is 41.7 Å². The van der Waals surface area contributed by atoms with E-state index in [4.69, 9.17) is 16.0 Å². The highest BCUT2D eigenvalue weighted by Crippen LogP contribution is 2.30. The molecule has 28 heavy (non-hydrogen) atoms. The molecule has 152 valence electrons. The van der Waals surface area contributed by atoms with Crippen molar-refractivity contribution in [2.24, 2.45) is 11.8 Å². The Balaban J connectivity index is 1.31. The molecular weight excluding hydrogens is 378 g/mol. The molecule has 1 aliphatic carbocycles. The summed E-state index contributed by atoms with van der Waals surface area (Å²) in [6.07, 6.45) is 5.55. The summed E-state index contributed by atoms with van der Waals surface area (Å²) in [5.74, 6) is 0.631. The minimum absolute atomic E-state index is 0.0490. The number of nitrogens with zero attached hydrogens (tertiary/aromatic N) is 2. The molecule has 0 radical (unpaired) electrons. The Morgan fingerprint density at radius 3 is 2.64 bits per heavy atom. The number of hydrogen-bond donors (Lipinski definition) is 2. The lowest BCUT2D eigenvalue weighted by molar-refractivity contribution is -0.126. The number of aliphatic hydroxyl groups excluding tert-OH is 1. The fourth-order valence-corrected chi connectivity index (χ4v) is 4.47. The smallest absolute Gasteiger partial charge is 0.298 e. The van der Waals surface area contributed by atoms with Crippen LogP contribution in [0.1, 0.15) is 44.1 Å². The molecule has 2 aliphatic rings. The van der Waals surface area contributed by atoms with Gasteiger partial charge in [0.1, 0.15) is 5.52 Å². The lowest BCUT2D eigenvalue weighted by Crippen LogP contribution is -2.45. The zero-order valence-electron chi connectivity index (χ0n) is 16.3. The second-order valence-electron chi connectivity index (χ2n) is 8.24. The van der Waals surface area contributed by atoms with Crippen LogP contribution in [0.15, 0.2) is 16.5 Å². The minimum Gasteiger partial charge on any atom is -0.423 e. The highest BCUT2D eigenvalue weighted by atomic mass is 35.5. The fourth-order valence-electron chi connectivity index (χ4n) is 4.31. The molecule has 1 saturated carbocycles. The number of fused-ring (bicyclic) bond motifs is 1. The van der Waals surface area contributed by atoms with E-state index >= 15 is 0 Å². The SMILES string of the molecule is Cc1cc2oc(N3CCC(C(=O)NC4CCC(CO)CC4)CC3)nc2cc1Cl. The molecule has 0 atom stereocenters. The molecule has 1 aliphatic heterocycles. The summed E-state index contributed by atoms with van der Waals surface area (Å²) in [4.78, 5) is 19.3. The first-order valence-corrected chi connectivity index (χ1v) is 10.6. The Bertz CT molecular complexity index is 798. The van der Waals surface area contributed by atoms with E-state index in [0.29, 0.717) is 17.0 Å². The third kappa shape index (κ3) is 4.13. The molecule has 2 aromatic rings. The van der Waals surface area contributed by atoms with Crippen LogP contribution in [0.4, 0.5) is 6.01 Å². The fraction of sp³-hybridized carbons (Fsp3) is 0.619. The lowest BCUT2D eigenvalue weighted by Gasteiger charge is -2.33. The van der Waals surface area contributed by atoms with E-state index in [1.165, 1.54) is 0 Å². The predicted molar refractivity (Wildman–Crippen MR) is 110 cm³/mol. The Morgan fingerprint density at radius 1 is 1.25 bits per heavy atom. The van der Waals surface area contributed by atoms with Crippen LogP contribution in [-0.2, 0) is 4.79 Å². The number of rotatable bonds is 4. The van der Waals surface area contributed by atoms with Crippen LogP contribution in [0.2, 0.25) is 5.02 Å². The summed E-state index contributed by atoms with van der Waals surface area (Å²) in [6.45, 7) is 3.73. The molecule has 4 rings (SSSR count). The van der Waals surface area contributed by atoms with Gasteiger partial charge in [-0.05, 0) is 69.1 Å². The van der Waals surface area contributed by atoms with Gasteiger partial charge < -0.3 is 19.7 Å². The molecule has 1 amide bonds. The van der Waals surface area contributed by atoms with E-state index in [0.717, 1.165) is 68.3 Å². The summed E-state index contributed by atoms with van der Waals surface area (Å²) >= 11 is 6.18. The number of aryl methyl sites for hydroxylation is 1. The zero-order chi connectivity index (χ0) is 19.7. The summed E-state index contributed by atoms with van der Waals surface area (Å²) < 4.78 is 5.92. The Hall–Kier alpha value is -1.79. The maximum absolute atomic E-state index is 12.6. The van der Waals surface area contributed by atoms with E-state index in [1.807, 2.05) is 19.1 Å². The van der Waals surface area contributed by atoms with Crippen LogP contribution in [0.3, 0.4) is 0 Å². The van der Waals surface area contributed by atoms with Crippen molar-refractivity contribution in [2.75, 3.05) is 24.6 Å². The number of amides is 1. The van der Waals surface area contributed by atoms with Crippen LogP contribution in [0.5, 0.6) is 0 Å². The monoisotopic (exact) mass is 405 g/mol. The number of nitrogens with one attached hydrogen (secondary N) is 1.